The lowest BCUT2D eigenvalue weighted by molar-refractivity contribution is -0.115. The number of ether oxygens (including phenoxy) is 1. The quantitative estimate of drug-likeness (QED) is 0.638. The van der Waals surface area contributed by atoms with Gasteiger partial charge in [-0.15, -0.1) is 0 Å². The predicted octanol–water partition coefficient (Wildman–Crippen LogP) is 3.63. The number of Topliss-reactive ketones (excluding diaryl/α,β-unsaturated/α-hetero) is 1. The average molecular weight is 377 g/mol. The normalized spacial score (nSPS) is 10.5. The lowest BCUT2D eigenvalue weighted by Gasteiger charge is -2.12. The van der Waals surface area contributed by atoms with Crippen LogP contribution in [0.1, 0.15) is 34.1 Å². The molecular formula is C22H23N3O3. The van der Waals surface area contributed by atoms with E-state index in [9.17, 15) is 9.59 Å². The van der Waals surface area contributed by atoms with E-state index < -0.39 is 0 Å². The molecule has 0 spiro atoms. The zero-order valence-electron chi connectivity index (χ0n) is 16.2. The van der Waals surface area contributed by atoms with Crippen LogP contribution in [-0.2, 0) is 17.8 Å². The van der Waals surface area contributed by atoms with Crippen LogP contribution in [-0.4, -0.2) is 28.6 Å². The summed E-state index contributed by atoms with van der Waals surface area (Å²) in [6, 6.07) is 16.9. The molecule has 0 bridgehead atoms. The molecule has 1 N–H and O–H groups in total. The van der Waals surface area contributed by atoms with Crippen LogP contribution in [0.4, 0.5) is 5.82 Å². The van der Waals surface area contributed by atoms with Gasteiger partial charge >= 0.3 is 0 Å². The second-order valence-electron chi connectivity index (χ2n) is 6.62. The van der Waals surface area contributed by atoms with Crippen molar-refractivity contribution in [1.29, 1.82) is 0 Å². The van der Waals surface area contributed by atoms with Crippen molar-refractivity contribution < 1.29 is 14.3 Å². The van der Waals surface area contributed by atoms with E-state index in [4.69, 9.17) is 4.74 Å². The molecule has 0 aliphatic heterocycles. The molecule has 28 heavy (non-hydrogen) atoms. The number of carbonyl (C=O) groups excluding carboxylic acids is 2. The Morgan fingerprint density at radius 2 is 1.86 bits per heavy atom. The highest BCUT2D eigenvalue weighted by Gasteiger charge is 2.14. The van der Waals surface area contributed by atoms with Gasteiger partial charge in [-0.05, 0) is 37.6 Å². The van der Waals surface area contributed by atoms with E-state index in [1.165, 1.54) is 6.92 Å². The monoisotopic (exact) mass is 377 g/mol. The van der Waals surface area contributed by atoms with Crippen LogP contribution < -0.4 is 10.1 Å². The topological polar surface area (TPSA) is 73.2 Å². The molecule has 2 aromatic carbocycles. The summed E-state index contributed by atoms with van der Waals surface area (Å²) < 4.78 is 7.10. The third-order valence-corrected chi connectivity index (χ3v) is 4.38. The lowest BCUT2D eigenvalue weighted by Crippen LogP contribution is -2.18. The molecule has 0 fully saturated rings. The highest BCUT2D eigenvalue weighted by atomic mass is 16.5. The number of nitrogens with one attached hydrogen (secondary N) is 1. The molecule has 0 unspecified atom stereocenters. The highest BCUT2D eigenvalue weighted by molar-refractivity contribution is 5.96. The van der Waals surface area contributed by atoms with Gasteiger partial charge in [-0.3, -0.25) is 9.59 Å². The standard InChI is InChI=1S/C22H23N3O3/c1-15-11-21(25(24-15)14-17-7-5-4-6-8-17)23-22(27)13-19-12-18(16(2)26)9-10-20(19)28-3/h4-12H,13-14H2,1-3H3,(H,23,27). The Labute approximate surface area is 164 Å². The second-order valence-corrected chi connectivity index (χ2v) is 6.62. The number of aromatic nitrogens is 2. The number of benzene rings is 2. The van der Waals surface area contributed by atoms with Crippen molar-refractivity contribution in [3.63, 3.8) is 0 Å². The minimum atomic E-state index is -0.201. The molecule has 0 aliphatic carbocycles. The molecule has 0 radical (unpaired) electrons. The number of nitrogens with zero attached hydrogens (tertiary/aromatic N) is 2. The molecule has 1 amide bonds. The van der Waals surface area contributed by atoms with Crippen molar-refractivity contribution >= 4 is 17.5 Å². The van der Waals surface area contributed by atoms with Gasteiger partial charge in [0.2, 0.25) is 5.91 Å². The van der Waals surface area contributed by atoms with Gasteiger partial charge in [-0.1, -0.05) is 30.3 Å². The number of amides is 1. The highest BCUT2D eigenvalue weighted by Crippen LogP contribution is 2.22. The number of hydrogen-bond donors (Lipinski definition) is 1. The lowest BCUT2D eigenvalue weighted by atomic mass is 10.0. The summed E-state index contributed by atoms with van der Waals surface area (Å²) in [6.45, 7) is 3.94. The van der Waals surface area contributed by atoms with Crippen molar-refractivity contribution in [2.75, 3.05) is 12.4 Å². The number of rotatable bonds is 7. The van der Waals surface area contributed by atoms with E-state index in [2.05, 4.69) is 10.4 Å². The number of carbonyl (C=O) groups is 2. The maximum atomic E-state index is 12.7. The van der Waals surface area contributed by atoms with Crippen LogP contribution in [0.5, 0.6) is 5.75 Å². The molecule has 0 atom stereocenters. The third-order valence-electron chi connectivity index (χ3n) is 4.38. The van der Waals surface area contributed by atoms with Gasteiger partial charge < -0.3 is 10.1 Å². The Hall–Kier alpha value is -3.41. The Bertz CT molecular complexity index is 994. The van der Waals surface area contributed by atoms with E-state index in [1.54, 1.807) is 30.0 Å². The van der Waals surface area contributed by atoms with Gasteiger partial charge in [0.05, 0.1) is 25.8 Å². The van der Waals surface area contributed by atoms with E-state index in [1.807, 2.05) is 43.3 Å². The van der Waals surface area contributed by atoms with Gasteiger partial charge in [0.1, 0.15) is 11.6 Å². The van der Waals surface area contributed by atoms with E-state index >= 15 is 0 Å². The second kappa shape index (κ2) is 8.52. The van der Waals surface area contributed by atoms with Gasteiger partial charge in [-0.2, -0.15) is 5.10 Å². The zero-order chi connectivity index (χ0) is 20.1. The largest absolute Gasteiger partial charge is 0.496 e. The summed E-state index contributed by atoms with van der Waals surface area (Å²) >= 11 is 0. The number of hydrogen-bond acceptors (Lipinski definition) is 4. The van der Waals surface area contributed by atoms with E-state index in [-0.39, 0.29) is 18.1 Å². The van der Waals surface area contributed by atoms with Crippen molar-refractivity contribution in [2.45, 2.75) is 26.8 Å². The van der Waals surface area contributed by atoms with Crippen molar-refractivity contribution in [1.82, 2.24) is 9.78 Å². The minimum Gasteiger partial charge on any atom is -0.496 e. The molecular weight excluding hydrogens is 354 g/mol. The molecule has 1 aromatic heterocycles. The van der Waals surface area contributed by atoms with Crippen LogP contribution >= 0.6 is 0 Å². The fraction of sp³-hybridized carbons (Fsp3) is 0.227. The summed E-state index contributed by atoms with van der Waals surface area (Å²) in [5.74, 6) is 0.955. The Balaban J connectivity index is 1.77. The first-order valence-electron chi connectivity index (χ1n) is 9.02. The summed E-state index contributed by atoms with van der Waals surface area (Å²) in [5.41, 5.74) is 3.13. The Kier molecular flexibility index (Phi) is 5.89. The fourth-order valence-electron chi connectivity index (χ4n) is 3.02. The van der Waals surface area contributed by atoms with Crippen LogP contribution in [0.2, 0.25) is 0 Å². The Morgan fingerprint density at radius 1 is 1.11 bits per heavy atom. The molecule has 0 saturated carbocycles. The van der Waals surface area contributed by atoms with Gasteiger partial charge in [0.15, 0.2) is 5.78 Å². The maximum Gasteiger partial charge on any atom is 0.230 e. The molecule has 6 heteroatoms. The van der Waals surface area contributed by atoms with Crippen molar-refractivity contribution in [3.05, 3.63) is 77.0 Å². The van der Waals surface area contributed by atoms with Crippen LogP contribution in [0, 0.1) is 6.92 Å². The predicted molar refractivity (Wildman–Crippen MR) is 108 cm³/mol. The summed E-state index contributed by atoms with van der Waals surface area (Å²) in [6.07, 6.45) is 0.0971. The molecule has 144 valence electrons. The number of ketones is 1. The Morgan fingerprint density at radius 3 is 2.54 bits per heavy atom. The number of anilines is 1. The summed E-state index contributed by atoms with van der Waals surface area (Å²) in [4.78, 5) is 24.3. The first-order chi connectivity index (χ1) is 13.5. The van der Waals surface area contributed by atoms with Crippen LogP contribution in [0.3, 0.4) is 0 Å². The van der Waals surface area contributed by atoms with Crippen LogP contribution in [0.25, 0.3) is 0 Å². The first kappa shape index (κ1) is 19.4. The molecule has 3 rings (SSSR count). The third kappa shape index (κ3) is 4.65. The minimum absolute atomic E-state index is 0.0547. The smallest absolute Gasteiger partial charge is 0.230 e. The van der Waals surface area contributed by atoms with Crippen molar-refractivity contribution in [2.24, 2.45) is 0 Å². The number of methoxy groups -OCH3 is 1. The van der Waals surface area contributed by atoms with E-state index in [0.717, 1.165) is 11.3 Å². The molecule has 3 aromatic rings. The van der Waals surface area contributed by atoms with Gasteiger partial charge in [0.25, 0.3) is 0 Å². The number of aryl methyl sites for hydroxylation is 1. The van der Waals surface area contributed by atoms with Gasteiger partial charge in [0, 0.05) is 17.2 Å². The maximum absolute atomic E-state index is 12.7. The van der Waals surface area contributed by atoms with Gasteiger partial charge in [-0.25, -0.2) is 4.68 Å². The molecule has 0 saturated heterocycles. The average Bonchev–Trinajstić information content (AvgIpc) is 3.01. The summed E-state index contributed by atoms with van der Waals surface area (Å²) in [5, 5.41) is 7.39. The summed E-state index contributed by atoms with van der Waals surface area (Å²) in [7, 11) is 1.54. The SMILES string of the molecule is COc1ccc(C(C)=O)cc1CC(=O)Nc1cc(C)nn1Cc1ccccc1. The first-order valence-corrected chi connectivity index (χ1v) is 9.02. The fourth-order valence-corrected chi connectivity index (χ4v) is 3.02. The van der Waals surface area contributed by atoms with Crippen LogP contribution in [0.15, 0.2) is 54.6 Å². The molecule has 0 aliphatic rings. The van der Waals surface area contributed by atoms with Crippen molar-refractivity contribution in [3.8, 4) is 5.75 Å². The zero-order valence-corrected chi connectivity index (χ0v) is 16.2. The molecule has 1 heterocycles. The van der Waals surface area contributed by atoms with E-state index in [0.29, 0.717) is 29.2 Å². The molecule has 6 nitrogen and oxygen atoms in total.